The molecule has 0 bridgehead atoms. The highest BCUT2D eigenvalue weighted by Gasteiger charge is 2.21. The summed E-state index contributed by atoms with van der Waals surface area (Å²) in [4.78, 5) is 42.4. The van der Waals surface area contributed by atoms with Crippen LogP contribution >= 0.6 is 105 Å². The Labute approximate surface area is 472 Å². The van der Waals surface area contributed by atoms with E-state index in [1.54, 1.807) is 66.7 Å². The molecule has 2 aromatic heterocycles. The fourth-order valence-corrected chi connectivity index (χ4v) is 11.9. The van der Waals surface area contributed by atoms with E-state index in [0.717, 1.165) is 93.9 Å². The van der Waals surface area contributed by atoms with Crippen LogP contribution in [0.3, 0.4) is 0 Å². The van der Waals surface area contributed by atoms with Crippen molar-refractivity contribution in [1.29, 1.82) is 0 Å². The number of likely N-dealkylation sites (N-methyl/N-ethyl adjacent to an activating group) is 2. The van der Waals surface area contributed by atoms with Crippen LogP contribution in [-0.2, 0) is 0 Å². The van der Waals surface area contributed by atoms with Crippen LogP contribution in [-0.4, -0.2) is 103 Å². The van der Waals surface area contributed by atoms with Gasteiger partial charge in [-0.2, -0.15) is 0 Å². The second-order valence-electron chi connectivity index (χ2n) is 17.2. The van der Waals surface area contributed by atoms with Gasteiger partial charge in [0.2, 0.25) is 0 Å². The smallest absolute Gasteiger partial charge is 0.352 e. The van der Waals surface area contributed by atoms with Crippen molar-refractivity contribution in [2.24, 2.45) is 0 Å². The average molecular weight is 1180 g/mol. The van der Waals surface area contributed by atoms with Crippen LogP contribution in [0, 0.1) is 5.82 Å². The number of aromatic carboxylic acids is 1. The minimum Gasteiger partial charge on any atom is -0.477 e. The van der Waals surface area contributed by atoms with E-state index >= 15 is 0 Å². The van der Waals surface area contributed by atoms with Crippen LogP contribution in [0.25, 0.3) is 21.8 Å². The fourth-order valence-electron chi connectivity index (χ4n) is 8.01. The van der Waals surface area contributed by atoms with Crippen molar-refractivity contribution >= 4 is 161 Å². The number of aromatic amines is 2. The molecule has 4 heterocycles. The van der Waals surface area contributed by atoms with Crippen molar-refractivity contribution in [3.05, 3.63) is 162 Å². The second kappa shape index (κ2) is 25.4. The maximum atomic E-state index is 13.6. The predicted octanol–water partition coefficient (Wildman–Crippen LogP) is 15.7. The van der Waals surface area contributed by atoms with Gasteiger partial charge in [-0.15, -0.1) is 0 Å². The van der Waals surface area contributed by atoms with Gasteiger partial charge in [0.05, 0.1) is 26.4 Å². The maximum absolute atomic E-state index is 13.6. The molecule has 0 unspecified atom stereocenters. The Morgan fingerprint density at radius 1 is 0.554 bits per heavy atom. The van der Waals surface area contributed by atoms with Gasteiger partial charge in [-0.1, -0.05) is 112 Å². The van der Waals surface area contributed by atoms with Crippen molar-refractivity contribution in [3.8, 4) is 0 Å². The van der Waals surface area contributed by atoms with Crippen LogP contribution in [0.2, 0.25) is 35.2 Å². The number of piperazine rings is 2. The van der Waals surface area contributed by atoms with Crippen molar-refractivity contribution in [2.75, 3.05) is 87.3 Å². The van der Waals surface area contributed by atoms with Crippen molar-refractivity contribution in [3.63, 3.8) is 0 Å². The molecule has 74 heavy (non-hydrogen) atoms. The molecule has 8 aromatic rings. The first-order chi connectivity index (χ1) is 34.9. The summed E-state index contributed by atoms with van der Waals surface area (Å²) in [6, 6.07) is 31.6. The van der Waals surface area contributed by atoms with E-state index in [0.29, 0.717) is 63.4 Å². The minimum atomic E-state index is -1.02. The number of carbonyl (C=O) groups excluding carboxylic acids is 1. The first-order valence-electron chi connectivity index (χ1n) is 22.5. The molecule has 2 aliphatic rings. The van der Waals surface area contributed by atoms with E-state index in [1.807, 2.05) is 36.4 Å². The summed E-state index contributed by atoms with van der Waals surface area (Å²) in [5, 5.41) is 17.6. The first-order valence-corrected chi connectivity index (χ1v) is 26.8. The number of H-pyrrole nitrogens is 2. The number of anilines is 4. The molecule has 0 saturated carbocycles. The van der Waals surface area contributed by atoms with Gasteiger partial charge >= 0.3 is 5.97 Å². The monoisotopic (exact) mass is 1170 g/mol. The Morgan fingerprint density at radius 2 is 1.03 bits per heavy atom. The van der Waals surface area contributed by atoms with Crippen LogP contribution in [0.1, 0.15) is 28.4 Å². The number of nitrogens with zero attached hydrogens (tertiary/aromatic N) is 4. The molecule has 2 saturated heterocycles. The molecule has 2 fully saturated rings. The molecule has 0 atom stereocenters. The molecule has 21 heteroatoms. The summed E-state index contributed by atoms with van der Waals surface area (Å²) in [5.74, 6) is -1.52. The topological polar surface area (TPSA) is 137 Å². The maximum Gasteiger partial charge on any atom is 0.352 e. The van der Waals surface area contributed by atoms with Gasteiger partial charge in [0.25, 0.3) is 5.91 Å². The zero-order chi connectivity index (χ0) is 52.1. The fraction of sp³-hybridized carbons (Fsp3) is 0.208. The number of nitrogens with one attached hydrogen (secondary N) is 3. The van der Waals surface area contributed by atoms with Crippen molar-refractivity contribution < 1.29 is 19.1 Å². The molecule has 11 nitrogen and oxygen atoms in total. The molecule has 6 aromatic carbocycles. The lowest BCUT2D eigenvalue weighted by Gasteiger charge is -2.34. The number of nitrogens with two attached hydrogens (primary N) is 1. The number of carboxylic acid groups (broad SMARTS) is 1. The van der Waals surface area contributed by atoms with Gasteiger partial charge < -0.3 is 45.7 Å². The number of benzene rings is 6. The van der Waals surface area contributed by atoms with Crippen LogP contribution in [0.4, 0.5) is 27.1 Å². The van der Waals surface area contributed by atoms with E-state index in [2.05, 4.69) is 49.0 Å². The number of carboxylic acids is 1. The summed E-state index contributed by atoms with van der Waals surface area (Å²) in [6.07, 6.45) is 0. The molecule has 10 rings (SSSR count). The van der Waals surface area contributed by atoms with Crippen LogP contribution in [0.5, 0.6) is 0 Å². The van der Waals surface area contributed by atoms with E-state index in [-0.39, 0.29) is 24.8 Å². The highest BCUT2D eigenvalue weighted by molar-refractivity contribution is 8.00. The van der Waals surface area contributed by atoms with E-state index in [9.17, 15) is 14.0 Å². The van der Waals surface area contributed by atoms with Gasteiger partial charge in [0, 0.05) is 125 Å². The summed E-state index contributed by atoms with van der Waals surface area (Å²) in [7, 11) is 4.20. The molecular weight excluding hydrogens is 1130 g/mol. The number of carbonyl (C=O) groups is 2. The first kappa shape index (κ1) is 57.0. The number of aromatic nitrogens is 2. The summed E-state index contributed by atoms with van der Waals surface area (Å²) < 4.78 is 13.6. The van der Waals surface area contributed by atoms with Crippen LogP contribution < -0.4 is 20.9 Å². The summed E-state index contributed by atoms with van der Waals surface area (Å²) >= 11 is 46.4. The van der Waals surface area contributed by atoms with Gasteiger partial charge in [0.1, 0.15) is 17.2 Å². The number of fused-ring (bicyclic) bond motifs is 2. The number of nitrogen functional groups attached to an aromatic ring is 1. The van der Waals surface area contributed by atoms with E-state index in [1.165, 1.54) is 29.6 Å². The zero-order valence-corrected chi connectivity index (χ0v) is 45.9. The molecular formula is C53H50Cl7FN8O3S2. The molecule has 0 aliphatic carbocycles. The zero-order valence-electron chi connectivity index (χ0n) is 39.0. The SMILES string of the molecule is C.CN1CCN(c2ccc(N)cc2F)CC1.CN1CCN(c2ccc(NC(=O)c3cc4c(Sc5ccc(Cl)cc5Cl)cc(Cl)cc4[nH]3)cc2Cl)CC1.O=C(O)c1cc2c(Sc3ccc(Cl)cc3Cl)cc(Cl)cc2[nH]1. The van der Waals surface area contributed by atoms with Crippen molar-refractivity contribution in [2.45, 2.75) is 27.0 Å². The predicted molar refractivity (Wildman–Crippen MR) is 311 cm³/mol. The lowest BCUT2D eigenvalue weighted by molar-refractivity contribution is 0.0691. The third-order valence-electron chi connectivity index (χ3n) is 11.9. The second-order valence-corrected chi connectivity index (χ2v) is 22.3. The number of hydrogen-bond acceptors (Lipinski definition) is 9. The lowest BCUT2D eigenvalue weighted by Crippen LogP contribution is -2.44. The lowest BCUT2D eigenvalue weighted by atomic mass is 10.2. The molecule has 1 amide bonds. The molecule has 2 aliphatic heterocycles. The van der Waals surface area contributed by atoms with Gasteiger partial charge in [0.15, 0.2) is 0 Å². The van der Waals surface area contributed by atoms with E-state index < -0.39 is 5.97 Å². The number of amides is 1. The van der Waals surface area contributed by atoms with Gasteiger partial charge in [-0.05, 0) is 123 Å². The minimum absolute atomic E-state index is 0. The Kier molecular flexibility index (Phi) is 19.6. The third-order valence-corrected chi connectivity index (χ3v) is 16.2. The Hall–Kier alpha value is -4.68. The highest BCUT2D eigenvalue weighted by atomic mass is 35.5. The molecule has 0 spiro atoms. The Balaban J connectivity index is 0.000000179. The normalized spacial score (nSPS) is 14.0. The largest absolute Gasteiger partial charge is 0.477 e. The summed E-state index contributed by atoms with van der Waals surface area (Å²) in [6.45, 7) is 7.51. The Morgan fingerprint density at radius 3 is 1.50 bits per heavy atom. The number of hydrogen-bond donors (Lipinski definition) is 5. The molecule has 0 radical (unpaired) electrons. The quantitative estimate of drug-likeness (QED) is 0.0889. The average Bonchev–Trinajstić information content (AvgIpc) is 3.98. The number of rotatable bonds is 9. The molecule has 6 N–H and O–H groups in total. The third kappa shape index (κ3) is 14.4. The number of halogens is 8. The van der Waals surface area contributed by atoms with Gasteiger partial charge in [-0.3, -0.25) is 4.79 Å². The van der Waals surface area contributed by atoms with Gasteiger partial charge in [-0.25, -0.2) is 9.18 Å². The standard InChI is InChI=1S/C26H22Cl4N4OS.C15H8Cl3NO2S.C11H16FN3.CH4/c1-33-6-8-34(9-7-33)23-4-3-17(13-19(23)29)31-26(35)22-14-18-21(32-22)11-16(28)12-25(18)36-24-5-2-15(27)10-20(24)30;16-7-1-2-13(10(18)3-7)22-14-5-8(17)4-11-9(14)6-12(19-11)15(20)21;1-14-4-6-15(7-5-14)11-3-2-9(13)8-10(11)12;/h2-5,10-14,32H,6-9H2,1H3,(H,31,35);1-6,19H,(H,20,21);2-3,8H,4-7,13H2,1H3;1H4. The molecule has 388 valence electrons. The highest BCUT2D eigenvalue weighted by Crippen LogP contribution is 2.42. The summed E-state index contributed by atoms with van der Waals surface area (Å²) in [5.41, 5.74) is 10.2. The Bertz CT molecular complexity index is 3330. The van der Waals surface area contributed by atoms with Crippen LogP contribution in [0.15, 0.2) is 129 Å². The van der Waals surface area contributed by atoms with E-state index in [4.69, 9.17) is 92.0 Å². The van der Waals surface area contributed by atoms with Crippen molar-refractivity contribution in [1.82, 2.24) is 19.8 Å².